The molecule has 2 aromatic rings. The molecule has 2 rings (SSSR count). The molecule has 0 bridgehead atoms. The minimum Gasteiger partial charge on any atom is -0.246 e. The van der Waals surface area contributed by atoms with Crippen LogP contribution in [0.4, 0.5) is 8.78 Å². The average molecular weight is 242 g/mol. The van der Waals surface area contributed by atoms with Crippen molar-refractivity contribution in [2.75, 3.05) is 0 Å². The number of aromatic nitrogens is 1. The van der Waals surface area contributed by atoms with E-state index in [1.54, 1.807) is 0 Å². The Bertz CT molecular complexity index is 552. The van der Waals surface area contributed by atoms with E-state index in [0.29, 0.717) is 10.5 Å². The Morgan fingerprint density at radius 1 is 1.19 bits per heavy atom. The van der Waals surface area contributed by atoms with Crippen molar-refractivity contribution < 1.29 is 8.78 Å². The van der Waals surface area contributed by atoms with Crippen LogP contribution in [-0.4, -0.2) is 4.98 Å². The monoisotopic (exact) mass is 241 g/mol. The van der Waals surface area contributed by atoms with Crippen molar-refractivity contribution in [3.05, 3.63) is 40.0 Å². The van der Waals surface area contributed by atoms with Crippen molar-refractivity contribution >= 4 is 22.5 Å². The molecule has 1 nitrogen and oxygen atoms in total. The molecule has 16 heavy (non-hydrogen) atoms. The van der Waals surface area contributed by atoms with Crippen LogP contribution in [0.3, 0.4) is 0 Å². The molecule has 0 spiro atoms. The van der Waals surface area contributed by atoms with Gasteiger partial charge in [0.2, 0.25) is 0 Å². The van der Waals surface area contributed by atoms with Crippen LogP contribution in [-0.2, 0) is 0 Å². The summed E-state index contributed by atoms with van der Waals surface area (Å²) in [4.78, 5) is 3.94. The fourth-order valence-electron chi connectivity index (χ4n) is 1.77. The zero-order valence-electron chi connectivity index (χ0n) is 8.89. The second-order valence-corrected chi connectivity index (χ2v) is 4.21. The second-order valence-electron chi connectivity index (χ2n) is 3.81. The van der Waals surface area contributed by atoms with E-state index in [4.69, 9.17) is 11.6 Å². The maximum Gasteiger partial charge on any atom is 0.280 e. The molecule has 1 aromatic carbocycles. The molecule has 0 fully saturated rings. The van der Waals surface area contributed by atoms with Gasteiger partial charge in [-0.15, -0.1) is 0 Å². The van der Waals surface area contributed by atoms with Gasteiger partial charge in [-0.25, -0.2) is 13.8 Å². The lowest BCUT2D eigenvalue weighted by Gasteiger charge is -2.08. The van der Waals surface area contributed by atoms with E-state index in [1.165, 1.54) is 6.07 Å². The van der Waals surface area contributed by atoms with Gasteiger partial charge in [0.15, 0.2) is 0 Å². The van der Waals surface area contributed by atoms with E-state index < -0.39 is 6.43 Å². The largest absolute Gasteiger partial charge is 0.280 e. The van der Waals surface area contributed by atoms with Gasteiger partial charge in [0.25, 0.3) is 6.43 Å². The normalized spacial score (nSPS) is 11.4. The highest BCUT2D eigenvalue weighted by Crippen LogP contribution is 2.29. The first-order valence-corrected chi connectivity index (χ1v) is 5.22. The van der Waals surface area contributed by atoms with Crippen LogP contribution >= 0.6 is 11.6 Å². The predicted molar refractivity (Wildman–Crippen MR) is 61.2 cm³/mol. The first-order chi connectivity index (χ1) is 7.49. The highest BCUT2D eigenvalue weighted by atomic mass is 35.5. The van der Waals surface area contributed by atoms with Gasteiger partial charge in [-0.1, -0.05) is 23.2 Å². The Balaban J connectivity index is 2.82. The SMILES string of the molecule is Cc1cc(C)c2nc(C(F)F)cc(Cl)c2c1. The lowest BCUT2D eigenvalue weighted by Crippen LogP contribution is -1.94. The van der Waals surface area contributed by atoms with E-state index in [1.807, 2.05) is 26.0 Å². The van der Waals surface area contributed by atoms with Crippen LogP contribution in [0, 0.1) is 13.8 Å². The van der Waals surface area contributed by atoms with Crippen LogP contribution in [0.15, 0.2) is 18.2 Å². The van der Waals surface area contributed by atoms with Crippen LogP contribution in [0.5, 0.6) is 0 Å². The van der Waals surface area contributed by atoms with Gasteiger partial charge in [-0.2, -0.15) is 0 Å². The fraction of sp³-hybridized carbons (Fsp3) is 0.250. The zero-order valence-corrected chi connectivity index (χ0v) is 9.65. The molecular weight excluding hydrogens is 232 g/mol. The third-order valence-electron chi connectivity index (χ3n) is 2.44. The molecule has 1 heterocycles. The van der Waals surface area contributed by atoms with Crippen LogP contribution in [0.2, 0.25) is 5.02 Å². The van der Waals surface area contributed by atoms with Crippen LogP contribution in [0.25, 0.3) is 10.9 Å². The van der Waals surface area contributed by atoms with Crippen molar-refractivity contribution in [2.24, 2.45) is 0 Å². The van der Waals surface area contributed by atoms with Crippen LogP contribution < -0.4 is 0 Å². The molecule has 84 valence electrons. The highest BCUT2D eigenvalue weighted by Gasteiger charge is 2.13. The Labute approximate surface area is 97.1 Å². The molecule has 0 saturated heterocycles. The molecule has 0 atom stereocenters. The minimum absolute atomic E-state index is 0.274. The quantitative estimate of drug-likeness (QED) is 0.719. The number of hydrogen-bond acceptors (Lipinski definition) is 1. The maximum atomic E-state index is 12.6. The van der Waals surface area contributed by atoms with E-state index >= 15 is 0 Å². The molecule has 0 unspecified atom stereocenters. The number of benzene rings is 1. The molecule has 0 saturated carbocycles. The Kier molecular flexibility index (Phi) is 2.80. The van der Waals surface area contributed by atoms with Crippen molar-refractivity contribution in [2.45, 2.75) is 20.3 Å². The number of pyridine rings is 1. The molecule has 4 heteroatoms. The summed E-state index contributed by atoms with van der Waals surface area (Å²) < 4.78 is 25.1. The van der Waals surface area contributed by atoms with Gasteiger partial charge in [-0.3, -0.25) is 0 Å². The summed E-state index contributed by atoms with van der Waals surface area (Å²) >= 11 is 5.98. The van der Waals surface area contributed by atoms with Crippen LogP contribution in [0.1, 0.15) is 23.2 Å². The lowest BCUT2D eigenvalue weighted by atomic mass is 10.1. The fourth-order valence-corrected chi connectivity index (χ4v) is 2.03. The van der Waals surface area contributed by atoms with Crippen molar-refractivity contribution in [3.8, 4) is 0 Å². The molecule has 0 aliphatic rings. The number of halogens is 3. The van der Waals surface area contributed by atoms with E-state index in [-0.39, 0.29) is 5.69 Å². The first-order valence-electron chi connectivity index (χ1n) is 4.84. The number of hydrogen-bond donors (Lipinski definition) is 0. The second kappa shape index (κ2) is 3.98. The van der Waals surface area contributed by atoms with Gasteiger partial charge in [-0.05, 0) is 31.5 Å². The van der Waals surface area contributed by atoms with Gasteiger partial charge >= 0.3 is 0 Å². The summed E-state index contributed by atoms with van der Waals surface area (Å²) in [7, 11) is 0. The number of alkyl halides is 2. The predicted octanol–water partition coefficient (Wildman–Crippen LogP) is 4.44. The standard InChI is InChI=1S/C12H10ClF2N/c1-6-3-7(2)11-8(4-6)9(13)5-10(16-11)12(14)15/h3-5,12H,1-2H3. The third kappa shape index (κ3) is 1.87. The average Bonchev–Trinajstić information content (AvgIpc) is 2.19. The van der Waals surface area contributed by atoms with E-state index in [0.717, 1.165) is 16.5 Å². The summed E-state index contributed by atoms with van der Waals surface area (Å²) in [6.45, 7) is 3.78. The number of rotatable bonds is 1. The lowest BCUT2D eigenvalue weighted by molar-refractivity contribution is 0.146. The summed E-state index contributed by atoms with van der Waals surface area (Å²) in [5.74, 6) is 0. The van der Waals surface area contributed by atoms with Gasteiger partial charge in [0.1, 0.15) is 5.69 Å². The topological polar surface area (TPSA) is 12.9 Å². The summed E-state index contributed by atoms with van der Waals surface area (Å²) in [6, 6.07) is 4.99. The number of fused-ring (bicyclic) bond motifs is 1. The molecule has 0 aliphatic carbocycles. The zero-order chi connectivity index (χ0) is 11.9. The van der Waals surface area contributed by atoms with Gasteiger partial charge in [0.05, 0.1) is 10.5 Å². The van der Waals surface area contributed by atoms with Crippen molar-refractivity contribution in [1.29, 1.82) is 0 Å². The molecule has 0 amide bonds. The summed E-state index contributed by atoms with van der Waals surface area (Å²) in [5.41, 5.74) is 2.18. The van der Waals surface area contributed by atoms with Crippen molar-refractivity contribution in [3.63, 3.8) is 0 Å². The Morgan fingerprint density at radius 2 is 1.88 bits per heavy atom. The molecule has 1 aromatic heterocycles. The first kappa shape index (κ1) is 11.3. The molecule has 0 N–H and O–H groups in total. The van der Waals surface area contributed by atoms with Crippen molar-refractivity contribution in [1.82, 2.24) is 4.98 Å². The minimum atomic E-state index is -2.59. The van der Waals surface area contributed by atoms with Gasteiger partial charge < -0.3 is 0 Å². The number of nitrogens with zero attached hydrogens (tertiary/aromatic N) is 1. The smallest absolute Gasteiger partial charge is 0.246 e. The van der Waals surface area contributed by atoms with Gasteiger partial charge in [0, 0.05) is 5.39 Å². The summed E-state index contributed by atoms with van der Waals surface area (Å²) in [5, 5.41) is 1.05. The highest BCUT2D eigenvalue weighted by molar-refractivity contribution is 6.35. The summed E-state index contributed by atoms with van der Waals surface area (Å²) in [6.07, 6.45) is -2.59. The molecule has 0 aliphatic heterocycles. The maximum absolute atomic E-state index is 12.6. The molecule has 0 radical (unpaired) electrons. The Morgan fingerprint density at radius 3 is 2.50 bits per heavy atom. The Hall–Kier alpha value is -1.22. The third-order valence-corrected chi connectivity index (χ3v) is 2.75. The van der Waals surface area contributed by atoms with E-state index in [9.17, 15) is 8.78 Å². The number of aryl methyl sites for hydroxylation is 2. The molecular formula is C12H10ClF2N. The van der Waals surface area contributed by atoms with E-state index in [2.05, 4.69) is 4.98 Å².